The predicted molar refractivity (Wildman–Crippen MR) is 65.3 cm³/mol. The van der Waals surface area contributed by atoms with E-state index < -0.39 is 8.56 Å². The standard InChI is InChI=1S/C11H25NO2Si/c1-5-11(15(4,13-2)14-3)10-7-6-8-12-9-10/h10-12H,5-9H2,1-4H3. The number of nitrogens with one attached hydrogen (secondary N) is 1. The molecule has 1 saturated heterocycles. The van der Waals surface area contributed by atoms with Gasteiger partial charge in [-0.1, -0.05) is 13.3 Å². The van der Waals surface area contributed by atoms with Crippen LogP contribution in [0.4, 0.5) is 0 Å². The van der Waals surface area contributed by atoms with Crippen molar-refractivity contribution in [3.05, 3.63) is 0 Å². The monoisotopic (exact) mass is 231 g/mol. The molecule has 1 heterocycles. The maximum atomic E-state index is 5.68. The fraction of sp³-hybridized carbons (Fsp3) is 1.00. The molecule has 15 heavy (non-hydrogen) atoms. The first-order valence-corrected chi connectivity index (χ1v) is 8.38. The maximum absolute atomic E-state index is 5.68. The van der Waals surface area contributed by atoms with Gasteiger partial charge in [-0.3, -0.25) is 0 Å². The van der Waals surface area contributed by atoms with Crippen LogP contribution in [0.5, 0.6) is 0 Å². The molecule has 1 aliphatic rings. The number of rotatable bonds is 5. The predicted octanol–water partition coefficient (Wildman–Crippen LogP) is 2.13. The van der Waals surface area contributed by atoms with E-state index in [1.165, 1.54) is 19.4 Å². The summed E-state index contributed by atoms with van der Waals surface area (Å²) in [6, 6.07) is 0. The molecule has 0 bridgehead atoms. The fourth-order valence-corrected chi connectivity index (χ4v) is 5.40. The molecule has 1 fully saturated rings. The van der Waals surface area contributed by atoms with Gasteiger partial charge in [0, 0.05) is 19.8 Å². The largest absolute Gasteiger partial charge is 0.398 e. The molecule has 90 valence electrons. The van der Waals surface area contributed by atoms with Crippen LogP contribution in [0.3, 0.4) is 0 Å². The van der Waals surface area contributed by atoms with Crippen LogP contribution in [0.1, 0.15) is 26.2 Å². The molecule has 1 N–H and O–H groups in total. The summed E-state index contributed by atoms with van der Waals surface area (Å²) >= 11 is 0. The molecule has 0 aromatic rings. The first-order valence-electron chi connectivity index (χ1n) is 5.99. The molecule has 0 radical (unpaired) electrons. The zero-order chi connectivity index (χ0) is 11.3. The van der Waals surface area contributed by atoms with Crippen LogP contribution in [0.15, 0.2) is 0 Å². The molecule has 1 aliphatic heterocycles. The van der Waals surface area contributed by atoms with E-state index in [9.17, 15) is 0 Å². The average molecular weight is 231 g/mol. The van der Waals surface area contributed by atoms with Crippen LogP contribution in [0.25, 0.3) is 0 Å². The lowest BCUT2D eigenvalue weighted by Crippen LogP contribution is -2.47. The van der Waals surface area contributed by atoms with Crippen molar-refractivity contribution >= 4 is 8.56 Å². The highest BCUT2D eigenvalue weighted by Crippen LogP contribution is 2.37. The van der Waals surface area contributed by atoms with Crippen molar-refractivity contribution < 1.29 is 8.85 Å². The average Bonchev–Trinajstić information content (AvgIpc) is 2.31. The number of hydrogen-bond acceptors (Lipinski definition) is 3. The van der Waals surface area contributed by atoms with Gasteiger partial charge in [0.15, 0.2) is 0 Å². The van der Waals surface area contributed by atoms with Crippen molar-refractivity contribution in [3.8, 4) is 0 Å². The third-order valence-corrected chi connectivity index (χ3v) is 7.68. The third kappa shape index (κ3) is 3.03. The first-order chi connectivity index (χ1) is 7.18. The summed E-state index contributed by atoms with van der Waals surface area (Å²) in [6.07, 6.45) is 3.77. The summed E-state index contributed by atoms with van der Waals surface area (Å²) in [4.78, 5) is 0. The van der Waals surface area contributed by atoms with Gasteiger partial charge in [0.1, 0.15) is 0 Å². The van der Waals surface area contributed by atoms with E-state index in [4.69, 9.17) is 8.85 Å². The van der Waals surface area contributed by atoms with Gasteiger partial charge in [-0.15, -0.1) is 0 Å². The van der Waals surface area contributed by atoms with Gasteiger partial charge in [0.2, 0.25) is 0 Å². The van der Waals surface area contributed by atoms with E-state index in [0.29, 0.717) is 5.54 Å². The molecule has 4 heteroatoms. The Morgan fingerprint density at radius 2 is 2.07 bits per heavy atom. The second-order valence-corrected chi connectivity index (χ2v) is 8.14. The van der Waals surface area contributed by atoms with Crippen LogP contribution in [-0.4, -0.2) is 35.9 Å². The van der Waals surface area contributed by atoms with Gasteiger partial charge >= 0.3 is 8.56 Å². The smallest absolute Gasteiger partial charge is 0.337 e. The highest BCUT2D eigenvalue weighted by Gasteiger charge is 2.42. The molecule has 2 atom stereocenters. The van der Waals surface area contributed by atoms with Crippen LogP contribution < -0.4 is 5.32 Å². The highest BCUT2D eigenvalue weighted by molar-refractivity contribution is 6.67. The Kier molecular flexibility index (Phi) is 5.25. The summed E-state index contributed by atoms with van der Waals surface area (Å²) in [5.74, 6) is 0.736. The lowest BCUT2D eigenvalue weighted by atomic mass is 9.94. The Bertz CT molecular complexity index is 179. The minimum atomic E-state index is -1.95. The van der Waals surface area contributed by atoms with Crippen molar-refractivity contribution in [1.82, 2.24) is 5.32 Å². The molecule has 0 aromatic carbocycles. The van der Waals surface area contributed by atoms with Crippen molar-refractivity contribution in [2.75, 3.05) is 27.3 Å². The topological polar surface area (TPSA) is 30.5 Å². The molecule has 1 rings (SSSR count). The Balaban J connectivity index is 2.67. The lowest BCUT2D eigenvalue weighted by molar-refractivity contribution is 0.208. The van der Waals surface area contributed by atoms with Crippen molar-refractivity contribution in [2.24, 2.45) is 5.92 Å². The number of piperidine rings is 1. The molecule has 2 unspecified atom stereocenters. The van der Waals surface area contributed by atoms with E-state index in [-0.39, 0.29) is 0 Å². The van der Waals surface area contributed by atoms with Gasteiger partial charge < -0.3 is 14.2 Å². The molecule has 0 amide bonds. The summed E-state index contributed by atoms with van der Waals surface area (Å²) in [5, 5.41) is 3.48. The molecule has 0 aliphatic carbocycles. The maximum Gasteiger partial charge on any atom is 0.337 e. The van der Waals surface area contributed by atoms with Crippen LogP contribution in [0.2, 0.25) is 12.1 Å². The summed E-state index contributed by atoms with van der Waals surface area (Å²) in [6.45, 7) is 6.75. The molecular weight excluding hydrogens is 206 g/mol. The number of hydrogen-bond donors (Lipinski definition) is 1. The van der Waals surface area contributed by atoms with Gasteiger partial charge in [-0.25, -0.2) is 0 Å². The Morgan fingerprint density at radius 3 is 2.47 bits per heavy atom. The zero-order valence-corrected chi connectivity index (χ0v) is 11.5. The van der Waals surface area contributed by atoms with Gasteiger partial charge in [-0.05, 0) is 38.4 Å². The highest BCUT2D eigenvalue weighted by atomic mass is 28.4. The van der Waals surface area contributed by atoms with Crippen molar-refractivity contribution in [1.29, 1.82) is 0 Å². The lowest BCUT2D eigenvalue weighted by Gasteiger charge is -2.38. The quantitative estimate of drug-likeness (QED) is 0.735. The summed E-state index contributed by atoms with van der Waals surface area (Å²) in [5.41, 5.74) is 0.611. The molecule has 0 saturated carbocycles. The van der Waals surface area contributed by atoms with Gasteiger partial charge in [-0.2, -0.15) is 0 Å². The van der Waals surface area contributed by atoms with E-state index >= 15 is 0 Å². The first kappa shape index (κ1) is 13.2. The van der Waals surface area contributed by atoms with Crippen LogP contribution in [0, 0.1) is 5.92 Å². The van der Waals surface area contributed by atoms with Crippen LogP contribution in [-0.2, 0) is 8.85 Å². The molecular formula is C11H25NO2Si. The van der Waals surface area contributed by atoms with Gasteiger partial charge in [0.25, 0.3) is 0 Å². The Labute approximate surface area is 94.8 Å². The Morgan fingerprint density at radius 1 is 1.40 bits per heavy atom. The second-order valence-electron chi connectivity index (χ2n) is 4.55. The van der Waals surface area contributed by atoms with E-state index in [0.717, 1.165) is 18.9 Å². The summed E-state index contributed by atoms with van der Waals surface area (Å²) < 4.78 is 11.4. The minimum Gasteiger partial charge on any atom is -0.398 e. The molecule has 3 nitrogen and oxygen atoms in total. The van der Waals surface area contributed by atoms with E-state index in [1.807, 2.05) is 0 Å². The Hall–Kier alpha value is 0.0969. The normalized spacial score (nSPS) is 25.2. The molecule has 0 spiro atoms. The van der Waals surface area contributed by atoms with Crippen molar-refractivity contribution in [3.63, 3.8) is 0 Å². The van der Waals surface area contributed by atoms with Crippen molar-refractivity contribution in [2.45, 2.75) is 38.3 Å². The fourth-order valence-electron chi connectivity index (χ4n) is 2.74. The SMILES string of the molecule is CCC(C1CCCNC1)[Si](C)(OC)OC. The zero-order valence-electron chi connectivity index (χ0n) is 10.5. The van der Waals surface area contributed by atoms with Gasteiger partial charge in [0.05, 0.1) is 0 Å². The molecule has 0 aromatic heterocycles. The minimum absolute atomic E-state index is 0.611. The van der Waals surface area contributed by atoms with E-state index in [1.54, 1.807) is 14.2 Å². The van der Waals surface area contributed by atoms with Crippen LogP contribution >= 0.6 is 0 Å². The van der Waals surface area contributed by atoms with E-state index in [2.05, 4.69) is 18.8 Å². The third-order valence-electron chi connectivity index (χ3n) is 3.83. The summed E-state index contributed by atoms with van der Waals surface area (Å²) in [7, 11) is 1.65. The second kappa shape index (κ2) is 5.99.